The molecule has 306 valence electrons. The molecule has 2 aromatic heterocycles. The molecule has 63 heavy (non-hydrogen) atoms. The smallest absolute Gasteiger partial charge is 0.657 e. The zero-order chi connectivity index (χ0) is 42.0. The third kappa shape index (κ3) is 8.43. The van der Waals surface area contributed by atoms with Crippen LogP contribution in [0.2, 0.25) is 0 Å². The third-order valence-electron chi connectivity index (χ3n) is 11.5. The molecule has 0 spiro atoms. The van der Waals surface area contributed by atoms with Crippen molar-refractivity contribution in [2.45, 2.75) is 26.2 Å². The van der Waals surface area contributed by atoms with Crippen LogP contribution in [0.4, 0.5) is 11.4 Å². The Labute approximate surface area is 384 Å². The number of pyridine rings is 1. The Morgan fingerprint density at radius 2 is 1.08 bits per heavy atom. The maximum atomic E-state index is 5.65. The van der Waals surface area contributed by atoms with Gasteiger partial charge in [-0.1, -0.05) is 213 Å². The van der Waals surface area contributed by atoms with E-state index in [1.165, 1.54) is 5.56 Å². The first-order chi connectivity index (χ1) is 30.4. The molecule has 0 aliphatic rings. The van der Waals surface area contributed by atoms with Gasteiger partial charge < -0.3 is 5.32 Å². The molecule has 0 unspecified atom stereocenters. The molecule has 0 atom stereocenters. The average Bonchev–Trinajstić information content (AvgIpc) is 3.72. The topological polar surface area (TPSA) is 44.8 Å². The molecule has 10 rings (SSSR count). The van der Waals surface area contributed by atoms with Gasteiger partial charge in [0, 0.05) is 23.0 Å². The zero-order valence-electron chi connectivity index (χ0n) is 35.3. The van der Waals surface area contributed by atoms with E-state index in [2.05, 4.69) is 232 Å². The second kappa shape index (κ2) is 17.7. The molecule has 8 aromatic carbocycles. The minimum Gasteiger partial charge on any atom is -0.657 e. The van der Waals surface area contributed by atoms with Crippen LogP contribution in [0.15, 0.2) is 212 Å². The Morgan fingerprint density at radius 1 is 0.492 bits per heavy atom. The van der Waals surface area contributed by atoms with Crippen molar-refractivity contribution in [2.75, 3.05) is 0 Å². The quantitative estimate of drug-likeness (QED) is 0.135. The summed E-state index contributed by atoms with van der Waals surface area (Å²) in [6.07, 6.45) is 1.89. The van der Waals surface area contributed by atoms with E-state index < -0.39 is 0 Å². The summed E-state index contributed by atoms with van der Waals surface area (Å²) in [7, 11) is 0. The fourth-order valence-corrected chi connectivity index (χ4v) is 8.25. The molecule has 0 saturated carbocycles. The number of aromatic nitrogens is 3. The predicted octanol–water partition coefficient (Wildman–Crippen LogP) is 15.9. The second-order valence-electron chi connectivity index (χ2n) is 16.6. The van der Waals surface area contributed by atoms with Crippen LogP contribution < -0.4 is 0 Å². The van der Waals surface area contributed by atoms with Crippen LogP contribution in [0.1, 0.15) is 26.3 Å². The molecule has 4 nitrogen and oxygen atoms in total. The Kier molecular flexibility index (Phi) is 11.6. The summed E-state index contributed by atoms with van der Waals surface area (Å²) in [5, 5.41) is 5.26. The molecular formula is C58H44N4Pt. The Bertz CT molecular complexity index is 3170. The first-order valence-corrected chi connectivity index (χ1v) is 21.1. The second-order valence-corrected chi connectivity index (χ2v) is 16.6. The number of para-hydroxylation sites is 3. The van der Waals surface area contributed by atoms with Crippen molar-refractivity contribution >= 4 is 22.4 Å². The average molecular weight is 992 g/mol. The van der Waals surface area contributed by atoms with Crippen molar-refractivity contribution in [2.24, 2.45) is 0 Å². The molecule has 5 heteroatoms. The van der Waals surface area contributed by atoms with Crippen LogP contribution >= 0.6 is 0 Å². The van der Waals surface area contributed by atoms with Gasteiger partial charge >= 0.3 is 21.1 Å². The zero-order valence-corrected chi connectivity index (χ0v) is 37.6. The van der Waals surface area contributed by atoms with Crippen LogP contribution in [-0.2, 0) is 26.5 Å². The normalized spacial score (nSPS) is 11.3. The van der Waals surface area contributed by atoms with E-state index in [0.29, 0.717) is 0 Å². The van der Waals surface area contributed by atoms with Crippen molar-refractivity contribution in [1.29, 1.82) is 0 Å². The third-order valence-corrected chi connectivity index (χ3v) is 11.5. The van der Waals surface area contributed by atoms with Crippen molar-refractivity contribution in [3.63, 3.8) is 0 Å². The molecule has 0 saturated heterocycles. The molecule has 0 aliphatic heterocycles. The van der Waals surface area contributed by atoms with Crippen molar-refractivity contribution in [3.8, 4) is 72.8 Å². The van der Waals surface area contributed by atoms with E-state index in [4.69, 9.17) is 15.3 Å². The largest absolute Gasteiger partial charge is 2.00 e. The molecule has 0 radical (unpaired) electrons. The fraction of sp³-hybridized carbons (Fsp3) is 0.0690. The summed E-state index contributed by atoms with van der Waals surface area (Å²) < 4.78 is 2.31. The summed E-state index contributed by atoms with van der Waals surface area (Å²) in [4.78, 5) is 10.5. The van der Waals surface area contributed by atoms with Gasteiger partial charge in [-0.3, -0.25) is 9.55 Å². The summed E-state index contributed by atoms with van der Waals surface area (Å²) in [5.74, 6) is 0.804. The maximum absolute atomic E-state index is 5.65. The molecule has 0 N–H and O–H groups in total. The number of nitrogens with zero attached hydrogens (tertiary/aromatic N) is 4. The number of benzene rings is 8. The summed E-state index contributed by atoms with van der Waals surface area (Å²) in [6.45, 7) is 6.70. The summed E-state index contributed by atoms with van der Waals surface area (Å²) >= 11 is 0. The predicted molar refractivity (Wildman–Crippen MR) is 258 cm³/mol. The minimum absolute atomic E-state index is 0. The molecule has 0 bridgehead atoms. The first kappa shape index (κ1) is 41.2. The SMILES string of the molecule is CC(C)(C)c1ccc([N-]c2ccccc2-c2nc3c(-c4[c-]c(-c5cc(-c6ccccc6)ccn5)cc(-c5ccccc5)c4)cccc3n2-c2ccccc2-c2ccccc2)cc1.[Pt+2]. The Balaban J connectivity index is 0.00000504. The van der Waals surface area contributed by atoms with E-state index in [-0.39, 0.29) is 26.5 Å². The molecule has 0 fully saturated rings. The van der Waals surface area contributed by atoms with Gasteiger partial charge in [0.1, 0.15) is 5.82 Å². The van der Waals surface area contributed by atoms with Crippen molar-refractivity contribution in [3.05, 3.63) is 229 Å². The Hall–Kier alpha value is -7.13. The van der Waals surface area contributed by atoms with Gasteiger partial charge in [-0.05, 0) is 51.4 Å². The van der Waals surface area contributed by atoms with Gasteiger partial charge in [-0.15, -0.1) is 35.1 Å². The van der Waals surface area contributed by atoms with E-state index in [1.807, 2.05) is 12.3 Å². The molecule has 10 aromatic rings. The summed E-state index contributed by atoms with van der Waals surface area (Å²) in [5.41, 5.74) is 17.2. The van der Waals surface area contributed by atoms with Crippen LogP contribution in [0.5, 0.6) is 0 Å². The standard InChI is InChI=1S/C58H44N4.Pt/c1-58(2,3)47-30-32-48(33-31-47)60-52-27-15-13-25-51(52)57-61-56-50(26-17-29-55(56)62(57)54-28-16-14-24-49(54)42-22-11-6-12-23-42)45-36-44(41-20-9-5-10-21-41)37-46(38-45)53-39-43(34-35-59-53)40-18-7-4-8-19-40;/h4-37,39H,1-3H3;/q-2;+2. The van der Waals surface area contributed by atoms with Gasteiger partial charge in [-0.25, -0.2) is 4.98 Å². The van der Waals surface area contributed by atoms with Crippen LogP contribution in [0.3, 0.4) is 0 Å². The van der Waals surface area contributed by atoms with Crippen LogP contribution in [0.25, 0.3) is 89.2 Å². The monoisotopic (exact) mass is 991 g/mol. The van der Waals surface area contributed by atoms with E-state index >= 15 is 0 Å². The van der Waals surface area contributed by atoms with Gasteiger partial charge in [0.2, 0.25) is 0 Å². The van der Waals surface area contributed by atoms with Gasteiger partial charge in [-0.2, -0.15) is 0 Å². The van der Waals surface area contributed by atoms with Crippen molar-refractivity contribution < 1.29 is 21.1 Å². The Morgan fingerprint density at radius 3 is 1.78 bits per heavy atom. The molecule has 0 aliphatic carbocycles. The summed E-state index contributed by atoms with van der Waals surface area (Å²) in [6, 6.07) is 76.0. The minimum atomic E-state index is 0. The maximum Gasteiger partial charge on any atom is 2.00 e. The number of hydrogen-bond acceptors (Lipinski definition) is 2. The number of rotatable bonds is 9. The number of imidazole rings is 1. The molecule has 2 heterocycles. The van der Waals surface area contributed by atoms with Crippen molar-refractivity contribution in [1.82, 2.24) is 14.5 Å². The number of hydrogen-bond donors (Lipinski definition) is 0. The van der Waals surface area contributed by atoms with Gasteiger partial charge in [0.15, 0.2) is 0 Å². The number of fused-ring (bicyclic) bond motifs is 1. The van der Waals surface area contributed by atoms with Gasteiger partial charge in [0.25, 0.3) is 0 Å². The fourth-order valence-electron chi connectivity index (χ4n) is 8.25. The first-order valence-electron chi connectivity index (χ1n) is 21.1. The molecule has 0 amide bonds. The van der Waals surface area contributed by atoms with Crippen LogP contribution in [0, 0.1) is 6.07 Å². The van der Waals surface area contributed by atoms with E-state index in [0.717, 1.165) is 95.2 Å². The molecular weight excluding hydrogens is 948 g/mol. The van der Waals surface area contributed by atoms with Gasteiger partial charge in [0.05, 0.1) is 16.7 Å². The van der Waals surface area contributed by atoms with E-state index in [1.54, 1.807) is 0 Å². The van der Waals surface area contributed by atoms with E-state index in [9.17, 15) is 0 Å². The van der Waals surface area contributed by atoms with Crippen LogP contribution in [-0.4, -0.2) is 14.5 Å².